The van der Waals surface area contributed by atoms with Crippen molar-refractivity contribution in [2.24, 2.45) is 10.3 Å². The van der Waals surface area contributed by atoms with E-state index < -0.39 is 48.1 Å². The van der Waals surface area contributed by atoms with Crippen LogP contribution in [0.25, 0.3) is 0 Å². The minimum atomic E-state index is -4.55. The third-order valence-electron chi connectivity index (χ3n) is 5.24. The Bertz CT molecular complexity index is 1100. The van der Waals surface area contributed by atoms with E-state index in [-0.39, 0.29) is 5.69 Å². The number of nitrogens with zero attached hydrogens (tertiary/aromatic N) is 4. The SMILES string of the molecule is CCc1ccc(N2C(=O)[C@@H]3[C@@H](N=NN3CC(=O)Nc3cccc(C(F)(F)F)c3)C2=O)cc1. The fraction of sp³-hybridized carbons (Fsp3) is 0.286. The molecule has 0 aromatic heterocycles. The maximum atomic E-state index is 12.9. The molecule has 1 fully saturated rings. The van der Waals surface area contributed by atoms with Crippen LogP contribution in [-0.2, 0) is 27.0 Å². The molecule has 2 atom stereocenters. The lowest BCUT2D eigenvalue weighted by Crippen LogP contribution is -2.43. The first kappa shape index (κ1) is 21.5. The lowest BCUT2D eigenvalue weighted by molar-refractivity contribution is -0.137. The minimum Gasteiger partial charge on any atom is -0.324 e. The van der Waals surface area contributed by atoms with Crippen LogP contribution in [0.1, 0.15) is 18.1 Å². The van der Waals surface area contributed by atoms with Crippen LogP contribution < -0.4 is 10.2 Å². The third kappa shape index (κ3) is 3.93. The Balaban J connectivity index is 1.46. The van der Waals surface area contributed by atoms with Gasteiger partial charge in [-0.3, -0.25) is 19.4 Å². The molecule has 0 aliphatic carbocycles. The predicted octanol–water partition coefficient (Wildman–Crippen LogP) is 3.20. The van der Waals surface area contributed by atoms with Crippen molar-refractivity contribution in [2.45, 2.75) is 31.6 Å². The van der Waals surface area contributed by atoms with E-state index >= 15 is 0 Å². The van der Waals surface area contributed by atoms with Crippen LogP contribution >= 0.6 is 0 Å². The van der Waals surface area contributed by atoms with E-state index in [1.807, 2.05) is 19.1 Å². The molecule has 0 radical (unpaired) electrons. The first-order valence-corrected chi connectivity index (χ1v) is 9.80. The second-order valence-electron chi connectivity index (χ2n) is 7.35. The van der Waals surface area contributed by atoms with Crippen LogP contribution in [0.15, 0.2) is 58.9 Å². The Morgan fingerprint density at radius 1 is 1.09 bits per heavy atom. The van der Waals surface area contributed by atoms with Crippen LogP contribution in [0.4, 0.5) is 24.5 Å². The molecule has 32 heavy (non-hydrogen) atoms. The highest BCUT2D eigenvalue weighted by Crippen LogP contribution is 2.33. The number of imide groups is 1. The number of fused-ring (bicyclic) bond motifs is 1. The number of anilines is 2. The fourth-order valence-corrected chi connectivity index (χ4v) is 3.61. The monoisotopic (exact) mass is 445 g/mol. The highest BCUT2D eigenvalue weighted by Gasteiger charge is 2.55. The van der Waals surface area contributed by atoms with Crippen LogP contribution in [0.3, 0.4) is 0 Å². The van der Waals surface area contributed by atoms with Crippen molar-refractivity contribution in [3.63, 3.8) is 0 Å². The van der Waals surface area contributed by atoms with Crippen molar-refractivity contribution >= 4 is 29.1 Å². The summed E-state index contributed by atoms with van der Waals surface area (Å²) in [4.78, 5) is 39.1. The van der Waals surface area contributed by atoms with Gasteiger partial charge in [-0.2, -0.15) is 18.3 Å². The second-order valence-corrected chi connectivity index (χ2v) is 7.35. The maximum absolute atomic E-state index is 12.9. The summed E-state index contributed by atoms with van der Waals surface area (Å²) in [6.07, 6.45) is -3.75. The van der Waals surface area contributed by atoms with Gasteiger partial charge in [0.25, 0.3) is 11.8 Å². The van der Waals surface area contributed by atoms with Gasteiger partial charge in [0.1, 0.15) is 6.54 Å². The number of carbonyl (C=O) groups excluding carboxylic acids is 3. The minimum absolute atomic E-state index is 0.0519. The number of alkyl halides is 3. The molecule has 2 aromatic carbocycles. The van der Waals surface area contributed by atoms with Gasteiger partial charge in [-0.15, -0.1) is 0 Å². The maximum Gasteiger partial charge on any atom is 0.416 e. The number of rotatable bonds is 5. The average molecular weight is 445 g/mol. The van der Waals surface area contributed by atoms with E-state index in [0.717, 1.165) is 34.0 Å². The average Bonchev–Trinajstić information content (AvgIpc) is 3.27. The molecule has 4 rings (SSSR count). The van der Waals surface area contributed by atoms with Gasteiger partial charge < -0.3 is 5.32 Å². The number of carbonyl (C=O) groups is 3. The molecule has 11 heteroatoms. The smallest absolute Gasteiger partial charge is 0.324 e. The zero-order chi connectivity index (χ0) is 23.0. The van der Waals surface area contributed by atoms with Crippen molar-refractivity contribution in [1.29, 1.82) is 0 Å². The van der Waals surface area contributed by atoms with E-state index in [1.54, 1.807) is 12.1 Å². The van der Waals surface area contributed by atoms with Gasteiger partial charge >= 0.3 is 6.18 Å². The molecule has 0 saturated carbocycles. The van der Waals surface area contributed by atoms with Gasteiger partial charge in [-0.05, 0) is 42.3 Å². The Kier molecular flexibility index (Phi) is 5.41. The van der Waals surface area contributed by atoms with Gasteiger partial charge in [0.2, 0.25) is 5.91 Å². The van der Waals surface area contributed by atoms with Crippen molar-refractivity contribution < 1.29 is 27.6 Å². The van der Waals surface area contributed by atoms with Gasteiger partial charge in [0.15, 0.2) is 12.1 Å². The molecule has 1 N–H and O–H groups in total. The third-order valence-corrected chi connectivity index (χ3v) is 5.24. The lowest BCUT2D eigenvalue weighted by atomic mass is 10.1. The van der Waals surface area contributed by atoms with E-state index in [9.17, 15) is 27.6 Å². The van der Waals surface area contributed by atoms with Crippen LogP contribution in [-0.4, -0.2) is 41.4 Å². The number of hydrogen-bond acceptors (Lipinski definition) is 6. The van der Waals surface area contributed by atoms with Crippen LogP contribution in [0.2, 0.25) is 0 Å². The highest BCUT2D eigenvalue weighted by molar-refractivity contribution is 6.25. The van der Waals surface area contributed by atoms with Gasteiger partial charge in [0, 0.05) is 5.69 Å². The van der Waals surface area contributed by atoms with E-state index in [4.69, 9.17) is 0 Å². The second kappa shape index (κ2) is 8.06. The Morgan fingerprint density at radius 2 is 1.81 bits per heavy atom. The summed E-state index contributed by atoms with van der Waals surface area (Å²) >= 11 is 0. The first-order chi connectivity index (χ1) is 15.2. The Hall–Kier alpha value is -3.76. The number of hydrogen-bond donors (Lipinski definition) is 1. The number of aryl methyl sites for hydroxylation is 1. The summed E-state index contributed by atoms with van der Waals surface area (Å²) in [7, 11) is 0. The number of amides is 3. The lowest BCUT2D eigenvalue weighted by Gasteiger charge is -2.20. The van der Waals surface area contributed by atoms with Crippen molar-refractivity contribution in [3.05, 3.63) is 59.7 Å². The first-order valence-electron chi connectivity index (χ1n) is 9.80. The summed E-state index contributed by atoms with van der Waals surface area (Å²) in [6.45, 7) is 1.52. The molecular formula is C21H18F3N5O3. The number of halogens is 3. The molecular weight excluding hydrogens is 427 g/mol. The number of nitrogens with one attached hydrogen (secondary N) is 1. The molecule has 1 saturated heterocycles. The summed E-state index contributed by atoms with van der Waals surface area (Å²) in [5, 5.41) is 11.0. The zero-order valence-electron chi connectivity index (χ0n) is 16.8. The van der Waals surface area contributed by atoms with E-state index in [2.05, 4.69) is 15.7 Å². The summed E-state index contributed by atoms with van der Waals surface area (Å²) in [5.74, 6) is -1.81. The molecule has 2 heterocycles. The molecule has 3 amide bonds. The summed E-state index contributed by atoms with van der Waals surface area (Å²) in [6, 6.07) is 8.97. The van der Waals surface area contributed by atoms with Crippen molar-refractivity contribution in [2.75, 3.05) is 16.8 Å². The standard InChI is InChI=1S/C21H18F3N5O3/c1-2-12-6-8-15(9-7-12)29-19(31)17-18(20(29)32)28(27-26-17)11-16(30)25-14-5-3-4-13(10-14)21(22,23)24/h3-10,17-18H,2,11H2,1H3,(H,25,30)/t17-,18+/m1/s1. The summed E-state index contributed by atoms with van der Waals surface area (Å²) < 4.78 is 38.6. The molecule has 0 spiro atoms. The molecule has 2 aromatic rings. The Labute approximate surface area is 180 Å². The molecule has 2 aliphatic heterocycles. The molecule has 2 aliphatic rings. The fourth-order valence-electron chi connectivity index (χ4n) is 3.61. The molecule has 0 bridgehead atoms. The Morgan fingerprint density at radius 3 is 2.47 bits per heavy atom. The quantitative estimate of drug-likeness (QED) is 0.716. The molecule has 166 valence electrons. The predicted molar refractivity (Wildman–Crippen MR) is 108 cm³/mol. The normalized spacial score (nSPS) is 20.1. The zero-order valence-corrected chi connectivity index (χ0v) is 16.8. The summed E-state index contributed by atoms with van der Waals surface area (Å²) in [5.41, 5.74) is 0.484. The van der Waals surface area contributed by atoms with Crippen LogP contribution in [0.5, 0.6) is 0 Å². The highest BCUT2D eigenvalue weighted by atomic mass is 19.4. The van der Waals surface area contributed by atoms with Crippen LogP contribution in [0, 0.1) is 0 Å². The number of benzene rings is 2. The largest absolute Gasteiger partial charge is 0.416 e. The van der Waals surface area contributed by atoms with Crippen molar-refractivity contribution in [3.8, 4) is 0 Å². The van der Waals surface area contributed by atoms with Gasteiger partial charge in [0.05, 0.1) is 11.3 Å². The van der Waals surface area contributed by atoms with Gasteiger partial charge in [-0.25, -0.2) is 4.90 Å². The molecule has 8 nitrogen and oxygen atoms in total. The molecule has 0 unspecified atom stereocenters. The van der Waals surface area contributed by atoms with Crippen molar-refractivity contribution in [1.82, 2.24) is 5.01 Å². The van der Waals surface area contributed by atoms with Gasteiger partial charge in [-0.1, -0.05) is 30.3 Å². The van der Waals surface area contributed by atoms with E-state index in [1.165, 1.54) is 12.1 Å². The van der Waals surface area contributed by atoms with E-state index in [0.29, 0.717) is 5.69 Å². The topological polar surface area (TPSA) is 94.4 Å².